The van der Waals surface area contributed by atoms with E-state index < -0.39 is 0 Å². The summed E-state index contributed by atoms with van der Waals surface area (Å²) < 4.78 is 0. The fourth-order valence-electron chi connectivity index (χ4n) is 4.81. The minimum Gasteiger partial charge on any atom is -0.0619 e. The Kier molecular flexibility index (Phi) is 2.21. The van der Waals surface area contributed by atoms with Crippen molar-refractivity contribution in [1.29, 1.82) is 0 Å². The molecule has 96 valence electrons. The van der Waals surface area contributed by atoms with Crippen molar-refractivity contribution in [3.8, 4) is 11.1 Å². The Morgan fingerprint density at radius 2 is 1.16 bits per heavy atom. The molecule has 0 amide bonds. The first kappa shape index (κ1) is 11.3. The summed E-state index contributed by atoms with van der Waals surface area (Å²) in [5, 5.41) is 0. The van der Waals surface area contributed by atoms with Crippen molar-refractivity contribution in [1.82, 2.24) is 0 Å². The molecule has 0 heterocycles. The molecule has 0 nitrogen and oxygen atoms in total. The van der Waals surface area contributed by atoms with Crippen molar-refractivity contribution >= 4 is 0 Å². The predicted octanol–water partition coefficient (Wildman–Crippen LogP) is 5.02. The zero-order valence-corrected chi connectivity index (χ0v) is 11.7. The molecule has 2 atom stereocenters. The molecule has 0 heteroatoms. The SMILES string of the molecule is CC1CCC(C)C12c1ccccc1-c1ccccc12. The van der Waals surface area contributed by atoms with Gasteiger partial charge in [0, 0.05) is 5.41 Å². The molecule has 2 unspecified atom stereocenters. The van der Waals surface area contributed by atoms with Gasteiger partial charge < -0.3 is 0 Å². The van der Waals surface area contributed by atoms with Crippen LogP contribution in [0.3, 0.4) is 0 Å². The minimum absolute atomic E-state index is 0.271. The molecular weight excluding hydrogens is 228 g/mol. The molecule has 4 rings (SSSR count). The Balaban J connectivity index is 2.12. The van der Waals surface area contributed by atoms with Gasteiger partial charge in [-0.1, -0.05) is 62.4 Å². The summed E-state index contributed by atoms with van der Waals surface area (Å²) in [6.45, 7) is 4.89. The second-order valence-corrected chi connectivity index (χ2v) is 6.34. The molecule has 19 heavy (non-hydrogen) atoms. The minimum atomic E-state index is 0.271. The third kappa shape index (κ3) is 1.20. The molecular formula is C19H20. The topological polar surface area (TPSA) is 0 Å². The van der Waals surface area contributed by atoms with Crippen LogP contribution in [0.1, 0.15) is 37.8 Å². The third-order valence-electron chi connectivity index (χ3n) is 5.62. The summed E-state index contributed by atoms with van der Waals surface area (Å²) in [5.41, 5.74) is 6.37. The summed E-state index contributed by atoms with van der Waals surface area (Å²) in [6.07, 6.45) is 2.70. The first-order valence-electron chi connectivity index (χ1n) is 7.45. The number of hydrogen-bond donors (Lipinski definition) is 0. The van der Waals surface area contributed by atoms with E-state index in [0.717, 1.165) is 11.8 Å². The van der Waals surface area contributed by atoms with Crippen LogP contribution < -0.4 is 0 Å². The normalized spacial score (nSPS) is 26.4. The second kappa shape index (κ2) is 3.72. The fraction of sp³-hybridized carbons (Fsp3) is 0.368. The standard InChI is InChI=1S/C19H20/c1-13-11-12-14(2)19(13)17-9-5-3-7-15(17)16-8-4-6-10-18(16)19/h3-10,13-14H,11-12H2,1-2H3. The van der Waals surface area contributed by atoms with Crippen molar-refractivity contribution in [3.63, 3.8) is 0 Å². The summed E-state index contributed by atoms with van der Waals surface area (Å²) in [6, 6.07) is 18.1. The highest BCUT2D eigenvalue weighted by molar-refractivity contribution is 5.81. The van der Waals surface area contributed by atoms with Crippen LogP contribution >= 0.6 is 0 Å². The van der Waals surface area contributed by atoms with Crippen molar-refractivity contribution in [2.75, 3.05) is 0 Å². The van der Waals surface area contributed by atoms with Crippen molar-refractivity contribution < 1.29 is 0 Å². The van der Waals surface area contributed by atoms with E-state index in [9.17, 15) is 0 Å². The summed E-state index contributed by atoms with van der Waals surface area (Å²) >= 11 is 0. The van der Waals surface area contributed by atoms with E-state index in [1.807, 2.05) is 0 Å². The van der Waals surface area contributed by atoms with Gasteiger partial charge in [0.05, 0.1) is 0 Å². The molecule has 0 N–H and O–H groups in total. The Labute approximate surface area is 115 Å². The lowest BCUT2D eigenvalue weighted by atomic mass is 9.66. The molecule has 1 spiro atoms. The molecule has 0 aliphatic heterocycles. The van der Waals surface area contributed by atoms with Gasteiger partial charge in [-0.25, -0.2) is 0 Å². The Hall–Kier alpha value is -1.56. The van der Waals surface area contributed by atoms with Crippen LogP contribution in [-0.2, 0) is 5.41 Å². The quantitative estimate of drug-likeness (QED) is 0.614. The lowest BCUT2D eigenvalue weighted by molar-refractivity contribution is 0.339. The molecule has 2 aromatic carbocycles. The Morgan fingerprint density at radius 1 is 0.737 bits per heavy atom. The summed E-state index contributed by atoms with van der Waals surface area (Å²) in [5.74, 6) is 1.49. The second-order valence-electron chi connectivity index (χ2n) is 6.34. The van der Waals surface area contributed by atoms with E-state index in [-0.39, 0.29) is 5.41 Å². The van der Waals surface area contributed by atoms with E-state index in [1.54, 1.807) is 11.1 Å². The van der Waals surface area contributed by atoms with Gasteiger partial charge in [-0.05, 0) is 46.9 Å². The molecule has 0 aromatic heterocycles. The lowest BCUT2D eigenvalue weighted by Gasteiger charge is -2.36. The van der Waals surface area contributed by atoms with Crippen molar-refractivity contribution in [2.45, 2.75) is 32.1 Å². The van der Waals surface area contributed by atoms with Gasteiger partial charge >= 0.3 is 0 Å². The van der Waals surface area contributed by atoms with Gasteiger partial charge in [0.2, 0.25) is 0 Å². The average Bonchev–Trinajstić information content (AvgIpc) is 2.92. The maximum atomic E-state index is 2.45. The predicted molar refractivity (Wildman–Crippen MR) is 80.2 cm³/mol. The zero-order valence-electron chi connectivity index (χ0n) is 11.7. The number of benzene rings is 2. The van der Waals surface area contributed by atoms with Crippen molar-refractivity contribution in [3.05, 3.63) is 59.7 Å². The van der Waals surface area contributed by atoms with Crippen LogP contribution in [-0.4, -0.2) is 0 Å². The molecule has 0 radical (unpaired) electrons. The molecule has 2 aromatic rings. The van der Waals surface area contributed by atoms with E-state index in [4.69, 9.17) is 0 Å². The average molecular weight is 248 g/mol. The molecule has 1 fully saturated rings. The molecule has 0 saturated heterocycles. The van der Waals surface area contributed by atoms with E-state index in [2.05, 4.69) is 62.4 Å². The van der Waals surface area contributed by atoms with Crippen LogP contribution in [0.15, 0.2) is 48.5 Å². The zero-order chi connectivity index (χ0) is 13.0. The maximum absolute atomic E-state index is 2.45. The van der Waals surface area contributed by atoms with Gasteiger partial charge in [-0.3, -0.25) is 0 Å². The summed E-state index contributed by atoms with van der Waals surface area (Å²) in [4.78, 5) is 0. The third-order valence-corrected chi connectivity index (χ3v) is 5.62. The van der Waals surface area contributed by atoms with Gasteiger partial charge in [0.1, 0.15) is 0 Å². The van der Waals surface area contributed by atoms with Gasteiger partial charge in [0.25, 0.3) is 0 Å². The monoisotopic (exact) mass is 248 g/mol. The number of fused-ring (bicyclic) bond motifs is 5. The Bertz CT molecular complexity index is 580. The van der Waals surface area contributed by atoms with Gasteiger partial charge in [0.15, 0.2) is 0 Å². The van der Waals surface area contributed by atoms with Crippen LogP contribution in [0.4, 0.5) is 0 Å². The molecule has 2 aliphatic carbocycles. The fourth-order valence-corrected chi connectivity index (χ4v) is 4.81. The number of rotatable bonds is 0. The maximum Gasteiger partial charge on any atom is 0.0266 e. The highest BCUT2D eigenvalue weighted by Crippen LogP contribution is 2.61. The van der Waals surface area contributed by atoms with Crippen LogP contribution in [0, 0.1) is 11.8 Å². The number of hydrogen-bond acceptors (Lipinski definition) is 0. The highest BCUT2D eigenvalue weighted by atomic mass is 14.6. The largest absolute Gasteiger partial charge is 0.0619 e. The van der Waals surface area contributed by atoms with Crippen LogP contribution in [0.25, 0.3) is 11.1 Å². The van der Waals surface area contributed by atoms with E-state index in [0.29, 0.717) is 0 Å². The smallest absolute Gasteiger partial charge is 0.0266 e. The van der Waals surface area contributed by atoms with Crippen LogP contribution in [0.5, 0.6) is 0 Å². The lowest BCUT2D eigenvalue weighted by Crippen LogP contribution is -2.33. The first-order valence-corrected chi connectivity index (χ1v) is 7.45. The highest BCUT2D eigenvalue weighted by Gasteiger charge is 2.53. The van der Waals surface area contributed by atoms with Gasteiger partial charge in [-0.2, -0.15) is 0 Å². The van der Waals surface area contributed by atoms with E-state index >= 15 is 0 Å². The molecule has 2 aliphatic rings. The molecule has 0 bridgehead atoms. The first-order chi connectivity index (χ1) is 9.26. The van der Waals surface area contributed by atoms with Crippen molar-refractivity contribution in [2.24, 2.45) is 11.8 Å². The summed E-state index contributed by atoms with van der Waals surface area (Å²) in [7, 11) is 0. The van der Waals surface area contributed by atoms with Crippen LogP contribution in [0.2, 0.25) is 0 Å². The Morgan fingerprint density at radius 3 is 1.63 bits per heavy atom. The van der Waals surface area contributed by atoms with E-state index in [1.165, 1.54) is 24.0 Å². The molecule has 1 saturated carbocycles. The van der Waals surface area contributed by atoms with Gasteiger partial charge in [-0.15, -0.1) is 0 Å².